The predicted molar refractivity (Wildman–Crippen MR) is 88.8 cm³/mol. The highest BCUT2D eigenvalue weighted by molar-refractivity contribution is 5.95. The molecule has 0 saturated carbocycles. The number of urea groups is 2. The van der Waals surface area contributed by atoms with Crippen molar-refractivity contribution in [2.45, 2.75) is 19.3 Å². The second-order valence-corrected chi connectivity index (χ2v) is 6.43. The summed E-state index contributed by atoms with van der Waals surface area (Å²) in [5.41, 5.74) is 0.558. The van der Waals surface area contributed by atoms with E-state index in [1.807, 2.05) is 0 Å². The third-order valence-electron chi connectivity index (χ3n) is 4.60. The van der Waals surface area contributed by atoms with Crippen molar-refractivity contribution in [1.82, 2.24) is 35.2 Å². The zero-order chi connectivity index (χ0) is 17.9. The van der Waals surface area contributed by atoms with Crippen molar-refractivity contribution in [1.29, 1.82) is 0 Å². The van der Waals surface area contributed by atoms with E-state index in [0.29, 0.717) is 50.0 Å². The van der Waals surface area contributed by atoms with Crippen LogP contribution in [0.3, 0.4) is 0 Å². The van der Waals surface area contributed by atoms with Gasteiger partial charge in [0.25, 0.3) is 0 Å². The second-order valence-electron chi connectivity index (χ2n) is 6.43. The van der Waals surface area contributed by atoms with Crippen LogP contribution in [0.4, 0.5) is 9.59 Å². The molecule has 1 N–H and O–H groups in total. The summed E-state index contributed by atoms with van der Waals surface area (Å²) in [6.45, 7) is 2.16. The summed E-state index contributed by atoms with van der Waals surface area (Å²) < 4.78 is 5.33. The van der Waals surface area contributed by atoms with Gasteiger partial charge in [0.15, 0.2) is 0 Å². The zero-order valence-electron chi connectivity index (χ0n) is 14.2. The Kier molecular flexibility index (Phi) is 4.46. The fourth-order valence-corrected chi connectivity index (χ4v) is 3.33. The van der Waals surface area contributed by atoms with Gasteiger partial charge in [-0.2, -0.15) is 4.98 Å². The van der Waals surface area contributed by atoms with Crippen molar-refractivity contribution in [3.63, 3.8) is 0 Å². The van der Waals surface area contributed by atoms with E-state index in [4.69, 9.17) is 4.52 Å². The molecule has 10 heteroatoms. The first-order valence-electron chi connectivity index (χ1n) is 8.64. The predicted octanol–water partition coefficient (Wildman–Crippen LogP) is 0.926. The number of imide groups is 1. The smallest absolute Gasteiger partial charge is 0.328 e. The molecule has 2 aliphatic heterocycles. The average Bonchev–Trinajstić information content (AvgIpc) is 3.31. The van der Waals surface area contributed by atoms with Crippen LogP contribution in [0.2, 0.25) is 0 Å². The molecule has 0 bridgehead atoms. The lowest BCUT2D eigenvalue weighted by Crippen LogP contribution is -2.48. The average molecular weight is 357 g/mol. The fourth-order valence-electron chi connectivity index (χ4n) is 3.33. The SMILES string of the molecule is O=C1NCCN1C(=O)N1CCCC(Cc2nc(-c3cnccn3)no2)C1. The number of carbonyl (C=O) groups excluding carboxylic acids is 2. The Balaban J connectivity index is 1.39. The summed E-state index contributed by atoms with van der Waals surface area (Å²) in [7, 11) is 0. The molecule has 2 aromatic heterocycles. The van der Waals surface area contributed by atoms with Crippen LogP contribution in [-0.4, -0.2) is 68.1 Å². The van der Waals surface area contributed by atoms with Gasteiger partial charge in [-0.1, -0.05) is 5.16 Å². The van der Waals surface area contributed by atoms with Crippen LogP contribution in [0.5, 0.6) is 0 Å². The number of carbonyl (C=O) groups is 2. The Morgan fingerprint density at radius 2 is 2.27 bits per heavy atom. The number of nitrogens with one attached hydrogen (secondary N) is 1. The summed E-state index contributed by atoms with van der Waals surface area (Å²) in [5.74, 6) is 1.14. The number of likely N-dealkylation sites (tertiary alicyclic amines) is 1. The molecule has 26 heavy (non-hydrogen) atoms. The number of aromatic nitrogens is 4. The third-order valence-corrected chi connectivity index (χ3v) is 4.60. The van der Waals surface area contributed by atoms with Gasteiger partial charge >= 0.3 is 12.1 Å². The van der Waals surface area contributed by atoms with Crippen LogP contribution < -0.4 is 5.32 Å². The van der Waals surface area contributed by atoms with Crippen LogP contribution in [0.25, 0.3) is 11.5 Å². The first kappa shape index (κ1) is 16.4. The number of hydrogen-bond acceptors (Lipinski definition) is 7. The van der Waals surface area contributed by atoms with Crippen molar-refractivity contribution in [3.8, 4) is 11.5 Å². The van der Waals surface area contributed by atoms with Gasteiger partial charge in [0, 0.05) is 45.0 Å². The first-order valence-corrected chi connectivity index (χ1v) is 8.64. The molecule has 4 heterocycles. The number of rotatable bonds is 3. The monoisotopic (exact) mass is 357 g/mol. The fraction of sp³-hybridized carbons (Fsp3) is 0.500. The van der Waals surface area contributed by atoms with Gasteiger partial charge < -0.3 is 14.7 Å². The molecule has 0 aromatic carbocycles. The van der Waals surface area contributed by atoms with Crippen molar-refractivity contribution >= 4 is 12.1 Å². The van der Waals surface area contributed by atoms with Crippen molar-refractivity contribution in [2.24, 2.45) is 5.92 Å². The van der Waals surface area contributed by atoms with Crippen LogP contribution in [0.15, 0.2) is 23.1 Å². The molecule has 0 radical (unpaired) electrons. The largest absolute Gasteiger partial charge is 0.339 e. The summed E-state index contributed by atoms with van der Waals surface area (Å²) in [4.78, 5) is 39.7. The molecule has 4 rings (SSSR count). The molecule has 2 aromatic rings. The Bertz CT molecular complexity index is 794. The van der Waals surface area contributed by atoms with E-state index in [2.05, 4.69) is 25.4 Å². The van der Waals surface area contributed by atoms with Gasteiger partial charge in [0.1, 0.15) is 5.69 Å². The van der Waals surface area contributed by atoms with Crippen LogP contribution in [-0.2, 0) is 6.42 Å². The van der Waals surface area contributed by atoms with Crippen LogP contribution in [0.1, 0.15) is 18.7 Å². The molecule has 1 unspecified atom stereocenters. The van der Waals surface area contributed by atoms with Gasteiger partial charge in [0.05, 0.1) is 6.20 Å². The van der Waals surface area contributed by atoms with E-state index in [1.165, 1.54) is 4.90 Å². The van der Waals surface area contributed by atoms with E-state index < -0.39 is 0 Å². The first-order chi connectivity index (χ1) is 12.7. The maximum atomic E-state index is 12.5. The Hall–Kier alpha value is -3.04. The van der Waals surface area contributed by atoms with Crippen molar-refractivity contribution in [3.05, 3.63) is 24.5 Å². The van der Waals surface area contributed by atoms with Crippen LogP contribution >= 0.6 is 0 Å². The normalized spacial score (nSPS) is 20.3. The van der Waals surface area contributed by atoms with Gasteiger partial charge in [-0.05, 0) is 18.8 Å². The highest BCUT2D eigenvalue weighted by Gasteiger charge is 2.33. The molecule has 136 valence electrons. The molecule has 4 amide bonds. The highest BCUT2D eigenvalue weighted by atomic mass is 16.5. The standard InChI is InChI=1S/C16H19N7O3/c24-15-19-5-7-23(15)16(25)22-6-1-2-11(10-22)8-13-20-14(21-26-13)12-9-17-3-4-18-12/h3-4,9,11H,1-2,5-8,10H2,(H,19,24). The number of nitrogens with zero attached hydrogens (tertiary/aromatic N) is 6. The molecule has 0 spiro atoms. The van der Waals surface area contributed by atoms with Crippen molar-refractivity contribution < 1.29 is 14.1 Å². The van der Waals surface area contributed by atoms with Crippen LogP contribution in [0, 0.1) is 5.92 Å². The molecule has 1 atom stereocenters. The minimum atomic E-state index is -0.317. The maximum Gasteiger partial charge on any atom is 0.328 e. The molecule has 0 aliphatic carbocycles. The molecule has 2 saturated heterocycles. The Morgan fingerprint density at radius 1 is 1.35 bits per heavy atom. The highest BCUT2D eigenvalue weighted by Crippen LogP contribution is 2.22. The minimum absolute atomic E-state index is 0.216. The van der Waals surface area contributed by atoms with E-state index in [1.54, 1.807) is 23.5 Å². The molecular formula is C16H19N7O3. The van der Waals surface area contributed by atoms with Gasteiger partial charge in [-0.15, -0.1) is 0 Å². The third kappa shape index (κ3) is 3.35. The number of piperidine rings is 1. The van der Waals surface area contributed by atoms with E-state index >= 15 is 0 Å². The second kappa shape index (κ2) is 7.06. The van der Waals surface area contributed by atoms with Gasteiger partial charge in [-0.25, -0.2) is 19.5 Å². The molecule has 2 aliphatic rings. The minimum Gasteiger partial charge on any atom is -0.339 e. The summed E-state index contributed by atoms with van der Waals surface area (Å²) >= 11 is 0. The Labute approximate surface area is 149 Å². The van der Waals surface area contributed by atoms with Gasteiger partial charge in [-0.3, -0.25) is 4.98 Å². The molecule has 2 fully saturated rings. The lowest BCUT2D eigenvalue weighted by Gasteiger charge is -2.33. The topological polar surface area (TPSA) is 117 Å². The maximum absolute atomic E-state index is 12.5. The summed E-state index contributed by atoms with van der Waals surface area (Å²) in [6.07, 6.45) is 7.18. The summed E-state index contributed by atoms with van der Waals surface area (Å²) in [5, 5.41) is 6.60. The van der Waals surface area contributed by atoms with Gasteiger partial charge in [0.2, 0.25) is 11.7 Å². The van der Waals surface area contributed by atoms with E-state index in [-0.39, 0.29) is 18.0 Å². The van der Waals surface area contributed by atoms with E-state index in [0.717, 1.165) is 12.8 Å². The van der Waals surface area contributed by atoms with E-state index in [9.17, 15) is 9.59 Å². The zero-order valence-corrected chi connectivity index (χ0v) is 14.2. The Morgan fingerprint density at radius 3 is 3.04 bits per heavy atom. The molecule has 10 nitrogen and oxygen atoms in total. The number of hydrogen-bond donors (Lipinski definition) is 1. The lowest BCUT2D eigenvalue weighted by molar-refractivity contribution is 0.137. The van der Waals surface area contributed by atoms with Crippen molar-refractivity contribution in [2.75, 3.05) is 26.2 Å². The summed E-state index contributed by atoms with van der Waals surface area (Å²) in [6, 6.07) is -0.543. The molecular weight excluding hydrogens is 338 g/mol. The quantitative estimate of drug-likeness (QED) is 0.868. The number of amides is 4. The lowest BCUT2D eigenvalue weighted by atomic mass is 9.95.